The third kappa shape index (κ3) is 2.20. The Kier molecular flexibility index (Phi) is 3.74. The summed E-state index contributed by atoms with van der Waals surface area (Å²) >= 11 is 0. The van der Waals surface area contributed by atoms with Crippen LogP contribution < -0.4 is 0 Å². The second-order valence-corrected chi connectivity index (χ2v) is 9.62. The Morgan fingerprint density at radius 2 is 1.87 bits per heavy atom. The third-order valence-electron chi connectivity index (χ3n) is 8.73. The second kappa shape index (κ2) is 5.33. The van der Waals surface area contributed by atoms with Gasteiger partial charge in [0.25, 0.3) is 0 Å². The minimum atomic E-state index is -0.156. The van der Waals surface area contributed by atoms with Gasteiger partial charge in [-0.1, -0.05) is 25.5 Å². The summed E-state index contributed by atoms with van der Waals surface area (Å²) in [5.74, 6) is 2.91. The summed E-state index contributed by atoms with van der Waals surface area (Å²) in [6.45, 7) is 6.98. The van der Waals surface area contributed by atoms with Crippen molar-refractivity contribution in [3.63, 3.8) is 0 Å². The number of hydrogen-bond donors (Lipinski definition) is 2. The Balaban J connectivity index is 1.65. The van der Waals surface area contributed by atoms with Crippen LogP contribution in [0.15, 0.2) is 11.6 Å². The molecule has 0 amide bonds. The van der Waals surface area contributed by atoms with E-state index in [1.165, 1.54) is 38.5 Å². The normalized spacial score (nSPS) is 53.8. The van der Waals surface area contributed by atoms with Gasteiger partial charge in [0.05, 0.1) is 12.2 Å². The molecule has 0 aromatic carbocycles. The van der Waals surface area contributed by atoms with E-state index >= 15 is 0 Å². The van der Waals surface area contributed by atoms with E-state index in [2.05, 4.69) is 19.9 Å². The smallest absolute Gasteiger partial charge is 0.0577 e. The number of allylic oxidation sites excluding steroid dienone is 1. The fourth-order valence-electron chi connectivity index (χ4n) is 7.47. The fraction of sp³-hybridized carbons (Fsp3) is 0.905. The topological polar surface area (TPSA) is 40.5 Å². The molecule has 2 nitrogen and oxygen atoms in total. The average molecular weight is 319 g/mol. The monoisotopic (exact) mass is 318 g/mol. The van der Waals surface area contributed by atoms with Crippen molar-refractivity contribution in [1.82, 2.24) is 0 Å². The minimum absolute atomic E-state index is 0.106. The zero-order valence-corrected chi connectivity index (χ0v) is 15.1. The first-order valence-electron chi connectivity index (χ1n) is 9.92. The van der Waals surface area contributed by atoms with Gasteiger partial charge < -0.3 is 10.2 Å². The van der Waals surface area contributed by atoms with Crippen molar-refractivity contribution in [2.75, 3.05) is 0 Å². The van der Waals surface area contributed by atoms with Gasteiger partial charge in [-0.3, -0.25) is 0 Å². The first-order valence-corrected chi connectivity index (χ1v) is 9.92. The van der Waals surface area contributed by atoms with Gasteiger partial charge in [-0.05, 0) is 92.8 Å². The predicted octanol–water partition coefficient (Wildman–Crippen LogP) is 4.31. The lowest BCUT2D eigenvalue weighted by atomic mass is 9.47. The molecule has 0 saturated heterocycles. The Hall–Kier alpha value is -0.340. The van der Waals surface area contributed by atoms with Crippen molar-refractivity contribution in [1.29, 1.82) is 0 Å². The van der Waals surface area contributed by atoms with Crippen LogP contribution in [0, 0.1) is 34.5 Å². The summed E-state index contributed by atoms with van der Waals surface area (Å²) in [7, 11) is 0. The van der Waals surface area contributed by atoms with Crippen molar-refractivity contribution in [3.8, 4) is 0 Å². The lowest BCUT2D eigenvalue weighted by Crippen LogP contribution is -2.51. The first-order chi connectivity index (χ1) is 10.9. The van der Waals surface area contributed by atoms with E-state index < -0.39 is 0 Å². The van der Waals surface area contributed by atoms with E-state index in [-0.39, 0.29) is 12.2 Å². The zero-order chi connectivity index (χ0) is 16.4. The molecule has 0 radical (unpaired) electrons. The van der Waals surface area contributed by atoms with Crippen LogP contribution in [0.5, 0.6) is 0 Å². The fourth-order valence-corrected chi connectivity index (χ4v) is 7.47. The van der Waals surface area contributed by atoms with E-state index in [0.717, 1.165) is 30.6 Å². The summed E-state index contributed by atoms with van der Waals surface area (Å²) in [5, 5.41) is 20.4. The molecule has 0 spiro atoms. The van der Waals surface area contributed by atoms with Crippen LogP contribution in [-0.4, -0.2) is 22.4 Å². The van der Waals surface area contributed by atoms with Gasteiger partial charge in [0.1, 0.15) is 0 Å². The van der Waals surface area contributed by atoms with Gasteiger partial charge in [-0.2, -0.15) is 0 Å². The maximum atomic E-state index is 10.3. The number of rotatable bonds is 1. The molecule has 0 heterocycles. The van der Waals surface area contributed by atoms with Crippen molar-refractivity contribution in [3.05, 3.63) is 11.6 Å². The van der Waals surface area contributed by atoms with Gasteiger partial charge in [0, 0.05) is 0 Å². The van der Waals surface area contributed by atoms with Gasteiger partial charge in [-0.15, -0.1) is 0 Å². The SMILES string of the molecule is C[C@@H](O)[C@@H]1CC[C@H]2[C@@H]3CC=C4C[C@@H](O)CC[C@]4(C)[C@H]3CC[C@@]21C. The standard InChI is InChI=1S/C21H34O2/c1-13(22)17-6-7-18-16-5-4-14-12-15(23)8-10-20(14,2)19(16)9-11-21(17,18)3/h4,13,15-19,22-23H,5-12H2,1-3H3/t13-,15+,16+,17+,18+,19+,20+,21-/m1/s1. The molecule has 4 aliphatic carbocycles. The molecule has 0 bridgehead atoms. The van der Waals surface area contributed by atoms with E-state index in [4.69, 9.17) is 0 Å². The maximum absolute atomic E-state index is 10.3. The molecule has 0 aromatic heterocycles. The molecule has 4 rings (SSSR count). The molecule has 0 unspecified atom stereocenters. The largest absolute Gasteiger partial charge is 0.393 e. The van der Waals surface area contributed by atoms with Crippen LogP contribution in [-0.2, 0) is 0 Å². The highest BCUT2D eigenvalue weighted by Crippen LogP contribution is 2.66. The molecule has 8 atom stereocenters. The Morgan fingerprint density at radius 3 is 2.61 bits per heavy atom. The van der Waals surface area contributed by atoms with Crippen LogP contribution in [0.4, 0.5) is 0 Å². The molecular weight excluding hydrogens is 284 g/mol. The van der Waals surface area contributed by atoms with Gasteiger partial charge in [0.2, 0.25) is 0 Å². The number of aliphatic hydroxyl groups excluding tert-OH is 2. The quantitative estimate of drug-likeness (QED) is 0.707. The molecule has 0 aliphatic heterocycles. The summed E-state index contributed by atoms with van der Waals surface area (Å²) in [4.78, 5) is 0. The summed E-state index contributed by atoms with van der Waals surface area (Å²) < 4.78 is 0. The van der Waals surface area contributed by atoms with E-state index in [9.17, 15) is 10.2 Å². The zero-order valence-electron chi connectivity index (χ0n) is 15.1. The van der Waals surface area contributed by atoms with Crippen molar-refractivity contribution >= 4 is 0 Å². The first kappa shape index (κ1) is 16.1. The van der Waals surface area contributed by atoms with Gasteiger partial charge >= 0.3 is 0 Å². The highest BCUT2D eigenvalue weighted by atomic mass is 16.3. The van der Waals surface area contributed by atoms with Crippen LogP contribution in [0.25, 0.3) is 0 Å². The summed E-state index contributed by atoms with van der Waals surface area (Å²) in [5.41, 5.74) is 2.25. The molecular formula is C21H34O2. The van der Waals surface area contributed by atoms with E-state index in [1.54, 1.807) is 5.57 Å². The van der Waals surface area contributed by atoms with E-state index in [1.807, 2.05) is 6.92 Å². The van der Waals surface area contributed by atoms with E-state index in [0.29, 0.717) is 16.7 Å². The second-order valence-electron chi connectivity index (χ2n) is 9.62. The van der Waals surface area contributed by atoms with Crippen LogP contribution in [0.3, 0.4) is 0 Å². The molecule has 2 heteroatoms. The van der Waals surface area contributed by atoms with Crippen molar-refractivity contribution in [2.24, 2.45) is 34.5 Å². The van der Waals surface area contributed by atoms with Gasteiger partial charge in [-0.25, -0.2) is 0 Å². The van der Waals surface area contributed by atoms with Crippen LogP contribution in [0.1, 0.15) is 72.1 Å². The number of aliphatic hydroxyl groups is 2. The highest BCUT2D eigenvalue weighted by Gasteiger charge is 2.59. The van der Waals surface area contributed by atoms with Crippen LogP contribution >= 0.6 is 0 Å². The summed E-state index contributed by atoms with van der Waals surface area (Å²) in [6, 6.07) is 0. The predicted molar refractivity (Wildman–Crippen MR) is 92.9 cm³/mol. The third-order valence-corrected chi connectivity index (χ3v) is 8.73. The molecule has 3 saturated carbocycles. The highest BCUT2D eigenvalue weighted by molar-refractivity contribution is 5.25. The van der Waals surface area contributed by atoms with Crippen molar-refractivity contribution < 1.29 is 10.2 Å². The molecule has 3 fully saturated rings. The molecule has 2 N–H and O–H groups in total. The molecule has 4 aliphatic rings. The van der Waals surface area contributed by atoms with Crippen LogP contribution in [0.2, 0.25) is 0 Å². The van der Waals surface area contributed by atoms with Gasteiger partial charge in [0.15, 0.2) is 0 Å². The maximum Gasteiger partial charge on any atom is 0.0577 e. The Morgan fingerprint density at radius 1 is 1.09 bits per heavy atom. The Bertz CT molecular complexity index is 510. The lowest BCUT2D eigenvalue weighted by Gasteiger charge is -2.58. The number of fused-ring (bicyclic) bond motifs is 5. The minimum Gasteiger partial charge on any atom is -0.393 e. The summed E-state index contributed by atoms with van der Waals surface area (Å²) in [6.07, 6.45) is 11.7. The molecule has 0 aromatic rings. The number of hydrogen-bond acceptors (Lipinski definition) is 2. The van der Waals surface area contributed by atoms with Crippen molar-refractivity contribution in [2.45, 2.75) is 84.3 Å². The average Bonchev–Trinajstić information content (AvgIpc) is 2.85. The Labute approximate surface area is 141 Å². The molecule has 130 valence electrons. The lowest BCUT2D eigenvalue weighted by molar-refractivity contribution is -0.0675. The molecule has 23 heavy (non-hydrogen) atoms.